The third-order valence-corrected chi connectivity index (χ3v) is 8.35. The van der Waals surface area contributed by atoms with Gasteiger partial charge in [0.15, 0.2) is 0 Å². The number of hydrogen-bond donors (Lipinski definition) is 2. The lowest BCUT2D eigenvalue weighted by molar-refractivity contribution is -0.162. The van der Waals surface area contributed by atoms with Crippen LogP contribution in [0.15, 0.2) is 24.3 Å². The lowest BCUT2D eigenvalue weighted by Crippen LogP contribution is -2.56. The number of nitrogens with zero attached hydrogens (tertiary/aromatic N) is 1. The fraction of sp³-hybridized carbons (Fsp3) is 0.654. The Labute approximate surface area is 211 Å². The first kappa shape index (κ1) is 25.9. The highest BCUT2D eigenvalue weighted by Gasteiger charge is 2.80. The Balaban J connectivity index is 1.82. The molecule has 3 aliphatic rings. The minimum atomic E-state index is -1.21. The van der Waals surface area contributed by atoms with E-state index >= 15 is 0 Å². The van der Waals surface area contributed by atoms with Crippen LogP contribution in [0.5, 0.6) is 0 Å². The predicted octanol–water partition coefficient (Wildman–Crippen LogP) is 3.26. The average Bonchev–Trinajstić information content (AvgIpc) is 3.30. The van der Waals surface area contributed by atoms with Crippen molar-refractivity contribution >= 4 is 35.1 Å². The molecule has 0 aliphatic carbocycles. The van der Waals surface area contributed by atoms with Gasteiger partial charge in [0.05, 0.1) is 41.5 Å². The molecule has 3 unspecified atom stereocenters. The van der Waals surface area contributed by atoms with Gasteiger partial charge in [-0.25, -0.2) is 0 Å². The van der Waals surface area contributed by atoms with Crippen LogP contribution in [0.25, 0.3) is 0 Å². The quantitative estimate of drug-likeness (QED) is 0.524. The Morgan fingerprint density at radius 2 is 2.03 bits per heavy atom. The Morgan fingerprint density at radius 1 is 1.34 bits per heavy atom. The first-order chi connectivity index (χ1) is 16.5. The second-order valence-electron chi connectivity index (χ2n) is 10.6. The van der Waals surface area contributed by atoms with E-state index in [0.29, 0.717) is 23.6 Å². The zero-order chi connectivity index (χ0) is 25.7. The first-order valence-corrected chi connectivity index (χ1v) is 12.7. The number of anilines is 1. The summed E-state index contributed by atoms with van der Waals surface area (Å²) in [6.07, 6.45) is 0.935. The number of nitrogens with one attached hydrogen (secondary N) is 1. The smallest absolute Gasteiger partial charge is 0.312 e. The lowest BCUT2D eigenvalue weighted by atomic mass is 9.62. The molecule has 4 rings (SSSR count). The maximum atomic E-state index is 14.1. The monoisotopic (exact) mass is 506 g/mol. The zero-order valence-corrected chi connectivity index (χ0v) is 21.7. The molecule has 3 saturated heterocycles. The molecule has 3 aliphatic heterocycles. The molecule has 1 aromatic carbocycles. The summed E-state index contributed by atoms with van der Waals surface area (Å²) in [7, 11) is 0. The number of esters is 1. The van der Waals surface area contributed by atoms with Gasteiger partial charge in [-0.3, -0.25) is 14.4 Å². The van der Waals surface area contributed by atoms with Crippen molar-refractivity contribution in [1.82, 2.24) is 4.90 Å². The number of hydrogen-bond acceptors (Lipinski definition) is 6. The number of benzene rings is 1. The topological polar surface area (TPSA) is 105 Å². The highest BCUT2D eigenvalue weighted by atomic mass is 35.5. The summed E-state index contributed by atoms with van der Waals surface area (Å²) in [6, 6.07) is 5.24. The van der Waals surface area contributed by atoms with Crippen LogP contribution in [0.2, 0.25) is 5.02 Å². The highest BCUT2D eigenvalue weighted by molar-refractivity contribution is 6.33. The predicted molar refractivity (Wildman–Crippen MR) is 131 cm³/mol. The summed E-state index contributed by atoms with van der Waals surface area (Å²) in [6.45, 7) is 9.40. The van der Waals surface area contributed by atoms with Crippen molar-refractivity contribution in [3.05, 3.63) is 29.3 Å². The Bertz CT molecular complexity index is 1020. The second kappa shape index (κ2) is 9.37. The minimum absolute atomic E-state index is 0.0887. The number of aliphatic hydroxyl groups is 1. The zero-order valence-electron chi connectivity index (χ0n) is 20.9. The summed E-state index contributed by atoms with van der Waals surface area (Å²) in [4.78, 5) is 42.6. The summed E-state index contributed by atoms with van der Waals surface area (Å²) >= 11 is 6.30. The number of halogens is 1. The van der Waals surface area contributed by atoms with Gasteiger partial charge in [0.25, 0.3) is 0 Å². The highest BCUT2D eigenvalue weighted by Crippen LogP contribution is 2.65. The molecule has 0 aromatic heterocycles. The van der Waals surface area contributed by atoms with Crippen LogP contribution in [0, 0.1) is 23.7 Å². The molecule has 1 aromatic rings. The Morgan fingerprint density at radius 3 is 2.63 bits per heavy atom. The van der Waals surface area contributed by atoms with Crippen LogP contribution in [-0.4, -0.2) is 64.3 Å². The number of ether oxygens (including phenoxy) is 2. The van der Waals surface area contributed by atoms with E-state index in [9.17, 15) is 19.5 Å². The fourth-order valence-corrected chi connectivity index (χ4v) is 6.73. The third-order valence-electron chi connectivity index (χ3n) is 8.02. The molecule has 35 heavy (non-hydrogen) atoms. The minimum Gasteiger partial charge on any atom is -0.466 e. The maximum absolute atomic E-state index is 14.1. The number of rotatable bonds is 8. The number of carbonyl (C=O) groups is 3. The van der Waals surface area contributed by atoms with E-state index in [1.165, 1.54) is 4.90 Å². The maximum Gasteiger partial charge on any atom is 0.312 e. The van der Waals surface area contributed by atoms with Gasteiger partial charge in [-0.15, -0.1) is 0 Å². The molecule has 9 heteroatoms. The van der Waals surface area contributed by atoms with Gasteiger partial charge >= 0.3 is 5.97 Å². The van der Waals surface area contributed by atoms with Crippen molar-refractivity contribution in [2.45, 2.75) is 70.7 Å². The van der Waals surface area contributed by atoms with Crippen LogP contribution in [0.3, 0.4) is 0 Å². The van der Waals surface area contributed by atoms with E-state index in [-0.39, 0.29) is 31.0 Å². The van der Waals surface area contributed by atoms with Crippen molar-refractivity contribution in [1.29, 1.82) is 0 Å². The van der Waals surface area contributed by atoms with Crippen molar-refractivity contribution in [2.75, 3.05) is 18.5 Å². The number of likely N-dealkylation sites (tertiary alicyclic amines) is 1. The number of para-hydroxylation sites is 1. The van der Waals surface area contributed by atoms with Gasteiger partial charge in [-0.2, -0.15) is 0 Å². The summed E-state index contributed by atoms with van der Waals surface area (Å²) < 4.78 is 12.0. The molecule has 3 heterocycles. The molecule has 3 fully saturated rings. The molecular formula is C26H35ClN2O6. The standard InChI is InChI=1S/C26H35ClN2O6/c1-6-34-24(33)20-19-23(32)29(16(13-30)11-14(2)3)21(26(19)12-15(4)25(20,5)35-26)22(31)28-18-10-8-7-9-17(18)27/h7-10,14-16,19-21,30H,6,11-13H2,1-5H3,(H,28,31)/t15?,16-,19+,20+,21?,25-,26?/m1/s1. The number of amides is 2. The summed E-state index contributed by atoms with van der Waals surface area (Å²) in [5.74, 6) is -2.91. The van der Waals surface area contributed by atoms with E-state index in [4.69, 9.17) is 21.1 Å². The van der Waals surface area contributed by atoms with Crippen molar-refractivity contribution < 1.29 is 29.0 Å². The SMILES string of the molecule is CCOC(=O)[C@@H]1[C@H]2C(=O)N([C@@H](CO)CC(C)C)C(C(=O)Nc3ccccc3Cl)C23CC(C)[C@@]1(C)O3. The first-order valence-electron chi connectivity index (χ1n) is 12.4. The third kappa shape index (κ3) is 3.94. The van der Waals surface area contributed by atoms with Crippen LogP contribution in [0.4, 0.5) is 5.69 Å². The molecule has 2 N–H and O–H groups in total. The van der Waals surface area contributed by atoms with Gasteiger partial charge in [-0.1, -0.05) is 44.5 Å². The van der Waals surface area contributed by atoms with Crippen LogP contribution in [-0.2, 0) is 23.9 Å². The molecule has 1 spiro atoms. The molecule has 7 atom stereocenters. The van der Waals surface area contributed by atoms with Gasteiger partial charge in [0.1, 0.15) is 17.6 Å². The average molecular weight is 507 g/mol. The molecule has 8 nitrogen and oxygen atoms in total. The number of fused-ring (bicyclic) bond motifs is 1. The van der Waals surface area contributed by atoms with Crippen LogP contribution >= 0.6 is 11.6 Å². The molecule has 2 bridgehead atoms. The fourth-order valence-electron chi connectivity index (χ4n) is 6.54. The Hall–Kier alpha value is -2.16. The van der Waals surface area contributed by atoms with Crippen LogP contribution in [0.1, 0.15) is 47.5 Å². The van der Waals surface area contributed by atoms with Crippen molar-refractivity contribution in [2.24, 2.45) is 23.7 Å². The number of carbonyl (C=O) groups excluding carboxylic acids is 3. The van der Waals surface area contributed by atoms with E-state index < -0.39 is 47.0 Å². The van der Waals surface area contributed by atoms with Gasteiger partial charge < -0.3 is 24.8 Å². The molecule has 2 amide bonds. The molecule has 192 valence electrons. The molecule has 0 saturated carbocycles. The van der Waals surface area contributed by atoms with E-state index in [1.54, 1.807) is 31.2 Å². The van der Waals surface area contributed by atoms with E-state index in [0.717, 1.165) is 0 Å². The Kier molecular flexibility index (Phi) is 6.94. The largest absolute Gasteiger partial charge is 0.466 e. The summed E-state index contributed by atoms with van der Waals surface area (Å²) in [5, 5.41) is 13.5. The molecule has 0 radical (unpaired) electrons. The van der Waals surface area contributed by atoms with Crippen molar-refractivity contribution in [3.63, 3.8) is 0 Å². The van der Waals surface area contributed by atoms with Gasteiger partial charge in [0, 0.05) is 0 Å². The van der Waals surface area contributed by atoms with Crippen molar-refractivity contribution in [3.8, 4) is 0 Å². The normalized spacial score (nSPS) is 34.3. The van der Waals surface area contributed by atoms with Crippen LogP contribution < -0.4 is 5.32 Å². The number of aliphatic hydroxyl groups excluding tert-OH is 1. The molecular weight excluding hydrogens is 472 g/mol. The van der Waals surface area contributed by atoms with Gasteiger partial charge in [0.2, 0.25) is 11.8 Å². The van der Waals surface area contributed by atoms with Gasteiger partial charge in [-0.05, 0) is 50.7 Å². The lowest BCUT2D eigenvalue weighted by Gasteiger charge is -2.37. The second-order valence-corrected chi connectivity index (χ2v) is 11.0. The van der Waals surface area contributed by atoms with E-state index in [1.807, 2.05) is 27.7 Å². The van der Waals surface area contributed by atoms with E-state index in [2.05, 4.69) is 5.32 Å². The summed E-state index contributed by atoms with van der Waals surface area (Å²) in [5.41, 5.74) is -1.73.